The van der Waals surface area contributed by atoms with Crippen LogP contribution in [0.3, 0.4) is 0 Å². The fourth-order valence-corrected chi connectivity index (χ4v) is 3.35. The van der Waals surface area contributed by atoms with E-state index in [1.165, 1.54) is 0 Å². The zero-order valence-electron chi connectivity index (χ0n) is 17.7. The van der Waals surface area contributed by atoms with Gasteiger partial charge in [-0.05, 0) is 43.2 Å². The maximum absolute atomic E-state index is 12.9. The molecule has 1 aliphatic rings. The molecule has 2 atom stereocenters. The lowest BCUT2D eigenvalue weighted by atomic mass is 10.1. The maximum atomic E-state index is 12.9. The third-order valence-corrected chi connectivity index (χ3v) is 5.12. The Balaban J connectivity index is 1.69. The largest absolute Gasteiger partial charge is 0.497 e. The summed E-state index contributed by atoms with van der Waals surface area (Å²) >= 11 is 0. The number of fused-ring (bicyclic) bond motifs is 1. The number of nitrogens with one attached hydrogen (secondary N) is 2. The quantitative estimate of drug-likeness (QED) is 0.698. The molecule has 7 nitrogen and oxygen atoms in total. The summed E-state index contributed by atoms with van der Waals surface area (Å²) in [4.78, 5) is 27.3. The van der Waals surface area contributed by atoms with Crippen LogP contribution in [-0.2, 0) is 16.1 Å². The normalized spacial score (nSPS) is 16.1. The van der Waals surface area contributed by atoms with Gasteiger partial charge in [-0.2, -0.15) is 0 Å². The first-order valence-corrected chi connectivity index (χ1v) is 10.2. The molecule has 7 heteroatoms. The molecule has 2 aromatic rings. The minimum atomic E-state index is -0.664. The average Bonchev–Trinajstić information content (AvgIpc) is 2.80. The van der Waals surface area contributed by atoms with Crippen molar-refractivity contribution in [3.05, 3.63) is 54.1 Å². The lowest BCUT2D eigenvalue weighted by Gasteiger charge is -2.38. The van der Waals surface area contributed by atoms with Crippen LogP contribution >= 0.6 is 0 Å². The summed E-state index contributed by atoms with van der Waals surface area (Å²) in [6.45, 7) is 5.16. The van der Waals surface area contributed by atoms with E-state index in [0.29, 0.717) is 25.4 Å². The van der Waals surface area contributed by atoms with Gasteiger partial charge in [0.1, 0.15) is 17.5 Å². The maximum Gasteiger partial charge on any atom is 0.262 e. The van der Waals surface area contributed by atoms with E-state index in [0.717, 1.165) is 23.4 Å². The topological polar surface area (TPSA) is 79.9 Å². The second kappa shape index (κ2) is 10.0. The molecule has 0 aliphatic carbocycles. The lowest BCUT2D eigenvalue weighted by Crippen LogP contribution is -2.54. The Bertz CT molecular complexity index is 869. The number of nitrogens with zero attached hydrogens (tertiary/aromatic N) is 1. The number of carbonyl (C=O) groups is 2. The molecule has 160 valence electrons. The van der Waals surface area contributed by atoms with Gasteiger partial charge in [-0.15, -0.1) is 0 Å². The summed E-state index contributed by atoms with van der Waals surface area (Å²) in [6, 6.07) is 14.6. The number of para-hydroxylation sites is 2. The first kappa shape index (κ1) is 21.5. The lowest BCUT2D eigenvalue weighted by molar-refractivity contribution is -0.128. The number of hydrogen-bond acceptors (Lipinski definition) is 5. The van der Waals surface area contributed by atoms with E-state index in [-0.39, 0.29) is 11.8 Å². The zero-order chi connectivity index (χ0) is 21.5. The van der Waals surface area contributed by atoms with Crippen molar-refractivity contribution in [2.24, 2.45) is 0 Å². The number of amides is 2. The Hall–Kier alpha value is -3.22. The third kappa shape index (κ3) is 5.03. The van der Waals surface area contributed by atoms with Crippen LogP contribution in [0.25, 0.3) is 0 Å². The molecule has 0 saturated carbocycles. The van der Waals surface area contributed by atoms with Crippen LogP contribution in [0.2, 0.25) is 0 Å². The first-order valence-electron chi connectivity index (χ1n) is 10.2. The molecule has 2 aromatic carbocycles. The summed E-state index contributed by atoms with van der Waals surface area (Å²) in [5, 5.41) is 5.86. The van der Waals surface area contributed by atoms with Gasteiger partial charge in [0, 0.05) is 13.1 Å². The van der Waals surface area contributed by atoms with Crippen molar-refractivity contribution in [3.8, 4) is 11.5 Å². The smallest absolute Gasteiger partial charge is 0.262 e. The minimum absolute atomic E-state index is 0.116. The summed E-state index contributed by atoms with van der Waals surface area (Å²) in [6.07, 6.45) is 0.187. The van der Waals surface area contributed by atoms with Crippen molar-refractivity contribution in [1.29, 1.82) is 0 Å². The molecule has 2 amide bonds. The Morgan fingerprint density at radius 2 is 1.90 bits per heavy atom. The molecule has 0 spiro atoms. The van der Waals surface area contributed by atoms with Gasteiger partial charge >= 0.3 is 0 Å². The second-order valence-corrected chi connectivity index (χ2v) is 7.26. The first-order chi connectivity index (χ1) is 14.5. The standard InChI is InChI=1S/C23H29N3O4/c1-4-13-24-23(28)21-15-26(19-7-5-6-8-20(19)30-21)16(2)22(27)25-14-17-9-11-18(29-3)12-10-17/h5-12,16,21H,4,13-15H2,1-3H3,(H,24,28)(H,25,27)/t16-,21+/m0/s1. The highest BCUT2D eigenvalue weighted by molar-refractivity contribution is 5.88. The van der Waals surface area contributed by atoms with Gasteiger partial charge in [0.2, 0.25) is 5.91 Å². The van der Waals surface area contributed by atoms with E-state index in [9.17, 15) is 9.59 Å². The molecule has 2 N–H and O–H groups in total. The highest BCUT2D eigenvalue weighted by Crippen LogP contribution is 2.34. The van der Waals surface area contributed by atoms with E-state index < -0.39 is 12.1 Å². The second-order valence-electron chi connectivity index (χ2n) is 7.26. The van der Waals surface area contributed by atoms with Crippen molar-refractivity contribution in [2.75, 3.05) is 25.1 Å². The van der Waals surface area contributed by atoms with E-state index in [1.807, 2.05) is 67.3 Å². The molecular weight excluding hydrogens is 382 g/mol. The van der Waals surface area contributed by atoms with E-state index in [2.05, 4.69) is 10.6 Å². The van der Waals surface area contributed by atoms with Crippen molar-refractivity contribution >= 4 is 17.5 Å². The molecule has 30 heavy (non-hydrogen) atoms. The van der Waals surface area contributed by atoms with Gasteiger partial charge in [0.15, 0.2) is 6.10 Å². The third-order valence-electron chi connectivity index (χ3n) is 5.12. The SMILES string of the molecule is CCCNC(=O)[C@H]1CN([C@@H](C)C(=O)NCc2ccc(OC)cc2)c2ccccc2O1. The fourth-order valence-electron chi connectivity index (χ4n) is 3.35. The van der Waals surface area contributed by atoms with Crippen molar-refractivity contribution in [1.82, 2.24) is 10.6 Å². The minimum Gasteiger partial charge on any atom is -0.497 e. The van der Waals surface area contributed by atoms with Crippen molar-refractivity contribution < 1.29 is 19.1 Å². The zero-order valence-corrected chi connectivity index (χ0v) is 17.7. The Morgan fingerprint density at radius 3 is 2.60 bits per heavy atom. The number of benzene rings is 2. The summed E-state index contributed by atoms with van der Waals surface area (Å²) in [5.41, 5.74) is 1.79. The molecule has 0 radical (unpaired) electrons. The van der Waals surface area contributed by atoms with Crippen LogP contribution < -0.4 is 25.0 Å². The van der Waals surface area contributed by atoms with Crippen LogP contribution in [0.1, 0.15) is 25.8 Å². The molecule has 0 saturated heterocycles. The molecule has 0 bridgehead atoms. The molecule has 1 aliphatic heterocycles. The van der Waals surface area contributed by atoms with Gasteiger partial charge in [-0.3, -0.25) is 9.59 Å². The fraction of sp³-hybridized carbons (Fsp3) is 0.391. The molecule has 0 aromatic heterocycles. The number of methoxy groups -OCH3 is 1. The van der Waals surface area contributed by atoms with Crippen molar-refractivity contribution in [2.45, 2.75) is 39.0 Å². The highest BCUT2D eigenvalue weighted by atomic mass is 16.5. The predicted octanol–water partition coefficient (Wildman–Crippen LogP) is 2.49. The van der Waals surface area contributed by atoms with Gasteiger partial charge in [-0.25, -0.2) is 0 Å². The monoisotopic (exact) mass is 411 g/mol. The van der Waals surface area contributed by atoms with Gasteiger partial charge in [0.05, 0.1) is 19.3 Å². The molecule has 0 unspecified atom stereocenters. The number of carbonyl (C=O) groups excluding carboxylic acids is 2. The van der Waals surface area contributed by atoms with Gasteiger partial charge in [0.25, 0.3) is 5.91 Å². The van der Waals surface area contributed by atoms with E-state index >= 15 is 0 Å². The van der Waals surface area contributed by atoms with Crippen LogP contribution in [0, 0.1) is 0 Å². The molecule has 0 fully saturated rings. The Labute approximate surface area is 177 Å². The van der Waals surface area contributed by atoms with E-state index in [4.69, 9.17) is 9.47 Å². The van der Waals surface area contributed by atoms with E-state index in [1.54, 1.807) is 7.11 Å². The van der Waals surface area contributed by atoms with Crippen LogP contribution in [0.4, 0.5) is 5.69 Å². The van der Waals surface area contributed by atoms with Crippen LogP contribution in [-0.4, -0.2) is 44.2 Å². The average molecular weight is 412 g/mol. The van der Waals surface area contributed by atoms with Gasteiger partial charge in [-0.1, -0.05) is 31.2 Å². The highest BCUT2D eigenvalue weighted by Gasteiger charge is 2.34. The van der Waals surface area contributed by atoms with Crippen LogP contribution in [0.15, 0.2) is 48.5 Å². The molecule has 1 heterocycles. The molecular formula is C23H29N3O4. The predicted molar refractivity (Wildman–Crippen MR) is 116 cm³/mol. The number of anilines is 1. The summed E-state index contributed by atoms with van der Waals surface area (Å²) in [5.74, 6) is 1.10. The van der Waals surface area contributed by atoms with Gasteiger partial charge < -0.3 is 25.0 Å². The summed E-state index contributed by atoms with van der Waals surface area (Å²) in [7, 11) is 1.62. The molecule has 3 rings (SSSR count). The van der Waals surface area contributed by atoms with Crippen molar-refractivity contribution in [3.63, 3.8) is 0 Å². The number of hydrogen-bond donors (Lipinski definition) is 2. The number of rotatable bonds is 8. The van der Waals surface area contributed by atoms with Crippen LogP contribution in [0.5, 0.6) is 11.5 Å². The Morgan fingerprint density at radius 1 is 1.17 bits per heavy atom. The Kier molecular flexibility index (Phi) is 7.17. The summed E-state index contributed by atoms with van der Waals surface area (Å²) < 4.78 is 11.1. The number of ether oxygens (including phenoxy) is 2.